The van der Waals surface area contributed by atoms with E-state index in [4.69, 9.17) is 46.4 Å². The molecule has 0 spiro atoms. The zero-order chi connectivity index (χ0) is 7.94. The molecule has 6 heteroatoms. The Morgan fingerprint density at radius 2 is 1.80 bits per heavy atom. The van der Waals surface area contributed by atoms with Crippen LogP contribution in [-0.2, 0) is 4.79 Å². The second kappa shape index (κ2) is 2.76. The molecule has 1 heterocycles. The highest BCUT2D eigenvalue weighted by molar-refractivity contribution is 8.19. The molecule has 0 saturated heterocycles. The summed E-state index contributed by atoms with van der Waals surface area (Å²) in [5.74, 6) is 0. The molecule has 0 saturated carbocycles. The van der Waals surface area contributed by atoms with E-state index in [0.29, 0.717) is 0 Å². The van der Waals surface area contributed by atoms with Crippen LogP contribution < -0.4 is 0 Å². The quantitative estimate of drug-likeness (QED) is 0.603. The molecule has 0 unspecified atom stereocenters. The van der Waals surface area contributed by atoms with E-state index in [0.717, 1.165) is 11.8 Å². The van der Waals surface area contributed by atoms with Gasteiger partial charge in [-0.1, -0.05) is 46.4 Å². The summed E-state index contributed by atoms with van der Waals surface area (Å²) in [6.07, 6.45) is 0. The summed E-state index contributed by atoms with van der Waals surface area (Å²) >= 11 is 22.7. The number of halogens is 4. The molecule has 0 radical (unpaired) electrons. The van der Waals surface area contributed by atoms with Crippen LogP contribution in [0.1, 0.15) is 0 Å². The largest absolute Gasteiger partial charge is 0.283 e. The van der Waals surface area contributed by atoms with Gasteiger partial charge in [0.05, 0.1) is 9.40 Å². The van der Waals surface area contributed by atoms with E-state index in [-0.39, 0.29) is 9.40 Å². The topological polar surface area (TPSA) is 17.1 Å². The third kappa shape index (κ3) is 1.28. The van der Waals surface area contributed by atoms with Crippen LogP contribution in [0.5, 0.6) is 0 Å². The first kappa shape index (κ1) is 9.01. The molecule has 0 aromatic rings. The van der Waals surface area contributed by atoms with Crippen molar-refractivity contribution in [3.63, 3.8) is 0 Å². The van der Waals surface area contributed by atoms with Gasteiger partial charge in [-0.15, -0.1) is 0 Å². The van der Waals surface area contributed by atoms with Gasteiger partial charge in [0.1, 0.15) is 0 Å². The molecule has 1 aliphatic rings. The van der Waals surface area contributed by atoms with Gasteiger partial charge in [0.2, 0.25) is 9.45 Å². The molecule has 0 N–H and O–H groups in total. The lowest BCUT2D eigenvalue weighted by Gasteiger charge is -2.06. The Morgan fingerprint density at radius 3 is 1.90 bits per heavy atom. The maximum absolute atomic E-state index is 10.8. The molecule has 0 aliphatic carbocycles. The highest BCUT2D eigenvalue weighted by atomic mass is 35.5. The van der Waals surface area contributed by atoms with Gasteiger partial charge in [-0.2, -0.15) is 0 Å². The van der Waals surface area contributed by atoms with Crippen LogP contribution in [0.2, 0.25) is 0 Å². The van der Waals surface area contributed by atoms with Gasteiger partial charge in [-0.05, 0) is 11.8 Å². The van der Waals surface area contributed by atoms with Gasteiger partial charge in [-0.3, -0.25) is 4.79 Å². The minimum atomic E-state index is -1.64. The molecule has 0 aromatic heterocycles. The Balaban J connectivity index is 3.06. The molecule has 10 heavy (non-hydrogen) atoms. The van der Waals surface area contributed by atoms with Gasteiger partial charge in [0, 0.05) is 0 Å². The molecule has 1 rings (SSSR count). The number of allylic oxidation sites excluding steroid dienone is 1. The summed E-state index contributed by atoms with van der Waals surface area (Å²) < 4.78 is -1.49. The van der Waals surface area contributed by atoms with Crippen molar-refractivity contribution >= 4 is 63.3 Å². The van der Waals surface area contributed by atoms with E-state index in [1.807, 2.05) is 0 Å². The van der Waals surface area contributed by atoms with Crippen molar-refractivity contribution in [3.05, 3.63) is 9.40 Å². The number of alkyl halides is 2. The van der Waals surface area contributed by atoms with Crippen LogP contribution in [0.4, 0.5) is 0 Å². The second-order valence-electron chi connectivity index (χ2n) is 1.55. The third-order valence-corrected chi connectivity index (χ3v) is 4.00. The van der Waals surface area contributed by atoms with Crippen molar-refractivity contribution in [1.82, 2.24) is 0 Å². The molecule has 56 valence electrons. The van der Waals surface area contributed by atoms with Gasteiger partial charge >= 0.3 is 0 Å². The van der Waals surface area contributed by atoms with Crippen molar-refractivity contribution in [2.45, 2.75) is 4.33 Å². The second-order valence-corrected chi connectivity index (χ2v) is 4.84. The Morgan fingerprint density at radius 1 is 1.30 bits per heavy atom. The fourth-order valence-corrected chi connectivity index (χ4v) is 2.28. The van der Waals surface area contributed by atoms with Crippen LogP contribution in [0, 0.1) is 0 Å². The number of hydrogen-bond donors (Lipinski definition) is 0. The molecule has 0 atom stereocenters. The Kier molecular flexibility index (Phi) is 2.48. The number of hydrogen-bond acceptors (Lipinski definition) is 2. The van der Waals surface area contributed by atoms with Crippen LogP contribution in [0.25, 0.3) is 0 Å². The van der Waals surface area contributed by atoms with Crippen LogP contribution >= 0.6 is 58.2 Å². The number of carbonyl (C=O) groups excluding carboxylic acids is 1. The lowest BCUT2D eigenvalue weighted by atomic mass is 10.4. The minimum Gasteiger partial charge on any atom is -0.283 e. The molecule has 1 aliphatic heterocycles. The van der Waals surface area contributed by atoms with Gasteiger partial charge < -0.3 is 0 Å². The van der Waals surface area contributed by atoms with Crippen LogP contribution in [0.15, 0.2) is 9.40 Å². The molecule has 0 aromatic carbocycles. The highest BCUT2D eigenvalue weighted by Crippen LogP contribution is 2.50. The molecular formula is C4Cl4OS. The molecule has 0 bridgehead atoms. The summed E-state index contributed by atoms with van der Waals surface area (Å²) in [6, 6.07) is 0. The number of thioether (sulfide) groups is 1. The van der Waals surface area contributed by atoms with Crippen molar-refractivity contribution in [2.24, 2.45) is 0 Å². The van der Waals surface area contributed by atoms with Crippen molar-refractivity contribution in [2.75, 3.05) is 0 Å². The van der Waals surface area contributed by atoms with Crippen molar-refractivity contribution in [3.8, 4) is 0 Å². The van der Waals surface area contributed by atoms with Gasteiger partial charge in [-0.25, -0.2) is 0 Å². The Hall–Kier alpha value is 0.920. The summed E-state index contributed by atoms with van der Waals surface area (Å²) in [6.45, 7) is 0. The fraction of sp³-hybridized carbons (Fsp3) is 0.250. The van der Waals surface area contributed by atoms with E-state index in [9.17, 15) is 4.79 Å². The minimum absolute atomic E-state index is 0.00694. The fourth-order valence-electron chi connectivity index (χ4n) is 0.403. The summed E-state index contributed by atoms with van der Waals surface area (Å²) in [5, 5.41) is -0.460. The molecule has 1 nitrogen and oxygen atoms in total. The Labute approximate surface area is 81.6 Å². The van der Waals surface area contributed by atoms with Crippen LogP contribution in [0.3, 0.4) is 0 Å². The lowest BCUT2D eigenvalue weighted by molar-refractivity contribution is -0.110. The van der Waals surface area contributed by atoms with E-state index in [1.165, 1.54) is 0 Å². The predicted octanol–water partition coefficient (Wildman–Crippen LogP) is 3.08. The van der Waals surface area contributed by atoms with E-state index < -0.39 is 9.45 Å². The SMILES string of the molecule is O=C1SC(Cl)=C(Cl)C1(Cl)Cl. The summed E-state index contributed by atoms with van der Waals surface area (Å²) in [7, 11) is 0. The average molecular weight is 238 g/mol. The normalized spacial score (nSPS) is 24.2. The average Bonchev–Trinajstić information content (AvgIpc) is 1.97. The maximum atomic E-state index is 10.8. The van der Waals surface area contributed by atoms with Gasteiger partial charge in [0.15, 0.2) is 0 Å². The maximum Gasteiger partial charge on any atom is 0.236 e. The first-order valence-electron chi connectivity index (χ1n) is 2.12. The summed E-state index contributed by atoms with van der Waals surface area (Å²) in [5.41, 5.74) is 0. The first-order chi connectivity index (χ1) is 4.46. The van der Waals surface area contributed by atoms with E-state index >= 15 is 0 Å². The van der Waals surface area contributed by atoms with Gasteiger partial charge in [0.25, 0.3) is 0 Å². The highest BCUT2D eigenvalue weighted by Gasteiger charge is 2.45. The molecule has 0 amide bonds. The van der Waals surface area contributed by atoms with Crippen LogP contribution in [-0.4, -0.2) is 9.45 Å². The molecule has 0 fully saturated rings. The van der Waals surface area contributed by atoms with Crippen molar-refractivity contribution in [1.29, 1.82) is 0 Å². The predicted molar refractivity (Wildman–Crippen MR) is 45.8 cm³/mol. The Bertz CT molecular complexity index is 221. The monoisotopic (exact) mass is 236 g/mol. The number of carbonyl (C=O) groups is 1. The standard InChI is InChI=1S/C4Cl4OS/c5-1-2(6)10-3(9)4(1,7)8. The zero-order valence-corrected chi connectivity index (χ0v) is 8.17. The summed E-state index contributed by atoms with van der Waals surface area (Å²) in [4.78, 5) is 10.8. The smallest absolute Gasteiger partial charge is 0.236 e. The van der Waals surface area contributed by atoms with Crippen molar-refractivity contribution < 1.29 is 4.79 Å². The van der Waals surface area contributed by atoms with E-state index in [2.05, 4.69) is 0 Å². The zero-order valence-electron chi connectivity index (χ0n) is 4.33. The third-order valence-electron chi connectivity index (χ3n) is 0.887. The molecular weight excluding hydrogens is 238 g/mol. The number of rotatable bonds is 0. The first-order valence-corrected chi connectivity index (χ1v) is 4.45. The lowest BCUT2D eigenvalue weighted by Crippen LogP contribution is -2.18. The van der Waals surface area contributed by atoms with E-state index in [1.54, 1.807) is 0 Å².